The maximum absolute atomic E-state index is 11.7. The van der Waals surface area contributed by atoms with E-state index < -0.39 is 48.8 Å². The first-order chi connectivity index (χ1) is 20.3. The van der Waals surface area contributed by atoms with Gasteiger partial charge >= 0.3 is 41.5 Å². The summed E-state index contributed by atoms with van der Waals surface area (Å²) in [5, 5.41) is 24.7. The predicted octanol–water partition coefficient (Wildman–Crippen LogP) is -0.0602. The minimum Gasteiger partial charge on any atom is -0.748 e. The van der Waals surface area contributed by atoms with Crippen LogP contribution in [0, 0.1) is 5.41 Å². The largest absolute Gasteiger partial charge is 1.00 e. The molecule has 16 heteroatoms. The molecule has 0 spiro atoms. The Labute approximate surface area is 285 Å². The molecular formula is C29H36N3NaO10S2. The Morgan fingerprint density at radius 2 is 1.67 bits per heavy atom. The molecule has 1 atom stereocenters. The van der Waals surface area contributed by atoms with Crippen LogP contribution in [-0.4, -0.2) is 87.9 Å². The number of carboxylic acids is 2. The molecule has 0 aromatic heterocycles. The number of aliphatic carboxylic acids is 2. The molecule has 0 bridgehead atoms. The number of carbonyl (C=O) groups is 2. The first-order valence-corrected chi connectivity index (χ1v) is 16.8. The van der Waals surface area contributed by atoms with E-state index in [1.807, 2.05) is 20.8 Å². The molecule has 2 aliphatic rings. The normalized spacial score (nSPS) is 20.6. The molecule has 45 heavy (non-hydrogen) atoms. The van der Waals surface area contributed by atoms with Gasteiger partial charge in [0.1, 0.15) is 16.5 Å². The molecule has 13 nitrogen and oxygen atoms in total. The van der Waals surface area contributed by atoms with Crippen molar-refractivity contribution in [3.63, 3.8) is 0 Å². The number of hydrogen-bond acceptors (Lipinski definition) is 10. The van der Waals surface area contributed by atoms with Gasteiger partial charge in [-0.25, -0.2) is 16.8 Å². The van der Waals surface area contributed by atoms with E-state index in [2.05, 4.69) is 5.10 Å². The Balaban J connectivity index is 0.00000705. The van der Waals surface area contributed by atoms with E-state index in [-0.39, 0.29) is 73.2 Å². The van der Waals surface area contributed by atoms with Gasteiger partial charge in [0, 0.05) is 53.2 Å². The van der Waals surface area contributed by atoms with Crippen molar-refractivity contribution in [2.75, 3.05) is 18.8 Å². The maximum Gasteiger partial charge on any atom is 1.00 e. The molecule has 2 N–H and O–H groups in total. The van der Waals surface area contributed by atoms with Gasteiger partial charge in [0.05, 0.1) is 20.4 Å². The van der Waals surface area contributed by atoms with E-state index in [1.54, 1.807) is 46.9 Å². The van der Waals surface area contributed by atoms with Crippen LogP contribution < -0.4 is 29.6 Å². The fraction of sp³-hybridized carbons (Fsp3) is 0.448. The molecule has 0 fully saturated rings. The van der Waals surface area contributed by atoms with Gasteiger partial charge in [-0.2, -0.15) is 9.68 Å². The second-order valence-corrected chi connectivity index (χ2v) is 14.3. The summed E-state index contributed by atoms with van der Waals surface area (Å²) in [4.78, 5) is 22.3. The maximum atomic E-state index is 11.7. The zero-order valence-electron chi connectivity index (χ0n) is 25.9. The summed E-state index contributed by atoms with van der Waals surface area (Å²) in [7, 11) is -9.12. The van der Waals surface area contributed by atoms with Crippen molar-refractivity contribution in [2.24, 2.45) is 10.5 Å². The van der Waals surface area contributed by atoms with Crippen LogP contribution in [0.15, 0.2) is 64.3 Å². The topological polar surface area (TPSA) is 208 Å². The van der Waals surface area contributed by atoms with Gasteiger partial charge in [0.25, 0.3) is 0 Å². The van der Waals surface area contributed by atoms with Gasteiger partial charge in [-0.1, -0.05) is 18.2 Å². The van der Waals surface area contributed by atoms with Crippen LogP contribution in [-0.2, 0) is 35.2 Å². The number of carboxylic acid groups (broad SMARTS) is 2. The molecule has 1 unspecified atom stereocenters. The number of benzene rings is 1. The van der Waals surface area contributed by atoms with Crippen molar-refractivity contribution >= 4 is 49.3 Å². The predicted molar refractivity (Wildman–Crippen MR) is 160 cm³/mol. The molecule has 0 amide bonds. The summed E-state index contributed by atoms with van der Waals surface area (Å²) in [5.41, 5.74) is 1.60. The van der Waals surface area contributed by atoms with Crippen molar-refractivity contribution < 1.29 is 79.9 Å². The van der Waals surface area contributed by atoms with Crippen LogP contribution in [0.1, 0.15) is 58.9 Å². The van der Waals surface area contributed by atoms with E-state index >= 15 is 0 Å². The van der Waals surface area contributed by atoms with E-state index in [1.165, 1.54) is 18.2 Å². The van der Waals surface area contributed by atoms with Crippen LogP contribution in [0.4, 0.5) is 5.69 Å². The number of hydrogen-bond donors (Lipinski definition) is 2. The Kier molecular flexibility index (Phi) is 12.7. The summed E-state index contributed by atoms with van der Waals surface area (Å²) in [6, 6.07) is 4.02. The average molecular weight is 674 g/mol. The number of hydrazone groups is 1. The van der Waals surface area contributed by atoms with Crippen molar-refractivity contribution in [2.45, 2.75) is 63.7 Å². The third kappa shape index (κ3) is 9.44. The molecule has 1 aromatic rings. The summed E-state index contributed by atoms with van der Waals surface area (Å²) >= 11 is 0. The van der Waals surface area contributed by atoms with Crippen molar-refractivity contribution in [1.29, 1.82) is 0 Å². The Morgan fingerprint density at radius 3 is 2.24 bits per heavy atom. The number of rotatable bonds is 14. The second kappa shape index (κ2) is 14.8. The van der Waals surface area contributed by atoms with Crippen LogP contribution in [0.25, 0.3) is 0 Å². The number of fused-ring (bicyclic) bond motifs is 1. The van der Waals surface area contributed by atoms with E-state index in [0.29, 0.717) is 28.4 Å². The van der Waals surface area contributed by atoms with E-state index in [4.69, 9.17) is 0 Å². The Bertz CT molecular complexity index is 1710. The first-order valence-electron chi connectivity index (χ1n) is 13.8. The fourth-order valence-corrected chi connectivity index (χ4v) is 6.41. The average Bonchev–Trinajstić information content (AvgIpc) is 3.25. The molecule has 0 radical (unpaired) electrons. The molecule has 2 aliphatic heterocycles. The van der Waals surface area contributed by atoms with Crippen molar-refractivity contribution in [1.82, 2.24) is 5.01 Å². The van der Waals surface area contributed by atoms with Crippen LogP contribution >= 0.6 is 0 Å². The molecule has 3 rings (SSSR count). The summed E-state index contributed by atoms with van der Waals surface area (Å²) < 4.78 is 70.1. The zero-order valence-corrected chi connectivity index (χ0v) is 29.5. The van der Waals surface area contributed by atoms with Gasteiger partial charge in [0.2, 0.25) is 5.69 Å². The van der Waals surface area contributed by atoms with Crippen LogP contribution in [0.5, 0.6) is 0 Å². The van der Waals surface area contributed by atoms with Gasteiger partial charge in [0.15, 0.2) is 12.3 Å². The zero-order chi connectivity index (χ0) is 33.1. The number of allylic oxidation sites excluding steroid dienone is 6. The molecule has 0 saturated heterocycles. The second-order valence-electron chi connectivity index (χ2n) is 11.4. The Morgan fingerprint density at radius 1 is 1.02 bits per heavy atom. The molecule has 0 aliphatic carbocycles. The van der Waals surface area contributed by atoms with Gasteiger partial charge in [-0.15, -0.1) is 0 Å². The van der Waals surface area contributed by atoms with Crippen molar-refractivity contribution in [3.8, 4) is 0 Å². The third-order valence-electron chi connectivity index (χ3n) is 7.95. The SMILES string of the molecule is CC1=NN(CCCS(=O)(=O)[O-])/C(=C/C=C/C=C/C2=[N+](CCC(=O)O)c3ccc(S(=O)(=O)[O-])cc3C2(C)C)C1(C)CCC(=O)O.[Na+]. The summed E-state index contributed by atoms with van der Waals surface area (Å²) in [6.07, 6.45) is 8.59. The number of nitrogens with zero attached hydrogens (tertiary/aromatic N) is 3. The standard InChI is InChI=1S/C29H37N3O10S2.Na/c1-20-29(4,15-13-26(33)34)25(32(30-20)16-8-18-43(37,38)39)10-7-5-6-9-24-28(2,3)22-19-21(44(40,41)42)11-12-23(22)31(24)17-14-27(35)36;/h5-7,9-12,19H,8,13-18H2,1-4H3,(H3-,33,34,35,36,37,38,39,40,41,42);/q;+1/p-1. The monoisotopic (exact) mass is 673 g/mol. The minimum atomic E-state index is -4.71. The molecule has 2 heterocycles. The van der Waals surface area contributed by atoms with E-state index in [0.717, 1.165) is 0 Å². The summed E-state index contributed by atoms with van der Waals surface area (Å²) in [6.45, 7) is 7.53. The molecule has 1 aromatic carbocycles. The minimum absolute atomic E-state index is 0. The van der Waals surface area contributed by atoms with Gasteiger partial charge < -0.3 is 19.3 Å². The molecule has 0 saturated carbocycles. The third-order valence-corrected chi connectivity index (χ3v) is 9.57. The smallest absolute Gasteiger partial charge is 0.748 e. The van der Waals surface area contributed by atoms with Crippen molar-refractivity contribution in [3.05, 3.63) is 59.8 Å². The quantitative estimate of drug-likeness (QED) is 0.116. The molecule has 240 valence electrons. The van der Waals surface area contributed by atoms with Crippen LogP contribution in [0.2, 0.25) is 0 Å². The first kappa shape index (κ1) is 38.5. The van der Waals surface area contributed by atoms with E-state index in [9.17, 15) is 45.7 Å². The molecular weight excluding hydrogens is 637 g/mol. The van der Waals surface area contributed by atoms with Gasteiger partial charge in [-0.05, 0) is 58.7 Å². The van der Waals surface area contributed by atoms with Gasteiger partial charge in [-0.3, -0.25) is 14.6 Å². The summed E-state index contributed by atoms with van der Waals surface area (Å²) in [5.74, 6) is -2.55. The van der Waals surface area contributed by atoms with Crippen LogP contribution in [0.3, 0.4) is 0 Å². The fourth-order valence-electron chi connectivity index (χ4n) is 5.43. The Hall–Kier alpha value is -2.66.